The molecule has 0 amide bonds. The average Bonchev–Trinajstić information content (AvgIpc) is 2.43. The molecule has 72 valence electrons. The first-order chi connectivity index (χ1) is 6.70. The number of hydrogen-bond acceptors (Lipinski definition) is 3. The Labute approximate surface area is 78.8 Å². The van der Waals surface area contributed by atoms with Crippen molar-refractivity contribution in [3.05, 3.63) is 51.4 Å². The topological polar surface area (TPSA) is 57.1 Å². The van der Waals surface area contributed by atoms with Crippen molar-refractivity contribution in [2.75, 3.05) is 0 Å². The van der Waals surface area contributed by atoms with Gasteiger partial charge in [-0.25, -0.2) is 9.59 Å². The summed E-state index contributed by atoms with van der Waals surface area (Å²) in [5.74, 6) is -0.677. The largest absolute Gasteiger partial charge is 0.447 e. The van der Waals surface area contributed by atoms with E-state index in [1.807, 2.05) is 0 Å². The zero-order valence-corrected chi connectivity index (χ0v) is 7.51. The van der Waals surface area contributed by atoms with E-state index in [1.54, 1.807) is 30.3 Å². The number of para-hydroxylation sites is 1. The van der Waals surface area contributed by atoms with E-state index in [1.165, 1.54) is 7.05 Å². The molecule has 0 fully saturated rings. The summed E-state index contributed by atoms with van der Waals surface area (Å²) >= 11 is 0. The first kappa shape index (κ1) is 8.55. The molecule has 0 aliphatic rings. The van der Waals surface area contributed by atoms with Gasteiger partial charge in [0.1, 0.15) is 0 Å². The molecule has 0 bridgehead atoms. The van der Waals surface area contributed by atoms with Crippen LogP contribution in [0, 0.1) is 0 Å². The van der Waals surface area contributed by atoms with Crippen LogP contribution in [0.3, 0.4) is 0 Å². The lowest BCUT2D eigenvalue weighted by Gasteiger charge is -1.94. The Morgan fingerprint density at radius 3 is 2.29 bits per heavy atom. The van der Waals surface area contributed by atoms with Crippen molar-refractivity contribution in [2.24, 2.45) is 7.05 Å². The van der Waals surface area contributed by atoms with Crippen molar-refractivity contribution in [1.82, 2.24) is 9.31 Å². The van der Waals surface area contributed by atoms with Crippen LogP contribution in [-0.2, 0) is 7.05 Å². The Morgan fingerprint density at radius 1 is 1.14 bits per heavy atom. The molecule has 0 saturated heterocycles. The van der Waals surface area contributed by atoms with Gasteiger partial charge in [0.2, 0.25) is 0 Å². The van der Waals surface area contributed by atoms with Crippen molar-refractivity contribution < 1.29 is 4.52 Å². The highest BCUT2D eigenvalue weighted by molar-refractivity contribution is 5.29. The molecule has 14 heavy (non-hydrogen) atoms. The number of nitrogens with zero attached hydrogens (tertiary/aromatic N) is 2. The first-order valence-electron chi connectivity index (χ1n) is 4.05. The highest BCUT2D eigenvalue weighted by Gasteiger charge is 2.09. The molecule has 0 aliphatic carbocycles. The van der Waals surface area contributed by atoms with Gasteiger partial charge in [-0.1, -0.05) is 18.2 Å². The van der Waals surface area contributed by atoms with E-state index in [-0.39, 0.29) is 0 Å². The summed E-state index contributed by atoms with van der Waals surface area (Å²) in [5, 5.41) is 0. The van der Waals surface area contributed by atoms with E-state index >= 15 is 0 Å². The summed E-state index contributed by atoms with van der Waals surface area (Å²) in [6.07, 6.45) is 0. The molecule has 1 aromatic carbocycles. The van der Waals surface area contributed by atoms with Gasteiger partial charge in [-0.15, -0.1) is 0 Å². The van der Waals surface area contributed by atoms with Crippen molar-refractivity contribution in [2.45, 2.75) is 0 Å². The summed E-state index contributed by atoms with van der Waals surface area (Å²) in [6, 6.07) is 8.62. The third kappa shape index (κ3) is 1.19. The summed E-state index contributed by atoms with van der Waals surface area (Å²) in [7, 11) is 1.39. The molecular weight excluding hydrogens is 184 g/mol. The molecule has 0 unspecified atom stereocenters. The maximum absolute atomic E-state index is 11.4. The molecule has 2 aromatic rings. The molecule has 0 atom stereocenters. The molecule has 0 spiro atoms. The number of hydrogen-bond donors (Lipinski definition) is 0. The van der Waals surface area contributed by atoms with Crippen LogP contribution >= 0.6 is 0 Å². The smallest absolute Gasteiger partial charge is 0.317 e. The third-order valence-corrected chi connectivity index (χ3v) is 1.87. The molecule has 0 N–H and O–H groups in total. The molecule has 0 radical (unpaired) electrons. The van der Waals surface area contributed by atoms with Crippen molar-refractivity contribution in [3.63, 3.8) is 0 Å². The second-order valence-electron chi connectivity index (χ2n) is 2.81. The molecule has 1 heterocycles. The highest BCUT2D eigenvalue weighted by Crippen LogP contribution is 1.99. The minimum atomic E-state index is -0.677. The lowest BCUT2D eigenvalue weighted by molar-refractivity contribution is 0.276. The summed E-state index contributed by atoms with van der Waals surface area (Å²) in [4.78, 5) is 22.7. The second kappa shape index (κ2) is 3.02. The second-order valence-corrected chi connectivity index (χ2v) is 2.81. The summed E-state index contributed by atoms with van der Waals surface area (Å²) in [6.45, 7) is 0. The molecule has 0 saturated carbocycles. The molecule has 5 nitrogen and oxygen atoms in total. The van der Waals surface area contributed by atoms with Crippen LogP contribution in [0.25, 0.3) is 5.69 Å². The average molecular weight is 192 g/mol. The SMILES string of the molecule is Cn1oc(=O)n(-c2ccccc2)c1=O. The van der Waals surface area contributed by atoms with Crippen LogP contribution in [0.15, 0.2) is 44.4 Å². The van der Waals surface area contributed by atoms with Crippen LogP contribution in [0.5, 0.6) is 0 Å². The quantitative estimate of drug-likeness (QED) is 0.645. The van der Waals surface area contributed by atoms with Gasteiger partial charge in [-0.05, 0) is 12.1 Å². The first-order valence-corrected chi connectivity index (χ1v) is 4.05. The van der Waals surface area contributed by atoms with Gasteiger partial charge < -0.3 is 4.52 Å². The maximum atomic E-state index is 11.4. The maximum Gasteiger partial charge on any atom is 0.447 e. The van der Waals surface area contributed by atoms with Gasteiger partial charge in [0.15, 0.2) is 0 Å². The Bertz CT molecular complexity index is 547. The number of rotatable bonds is 1. The van der Waals surface area contributed by atoms with Gasteiger partial charge >= 0.3 is 11.4 Å². The standard InChI is InChI=1S/C9H8N2O3/c1-10-8(12)11(9(13)14-10)7-5-3-2-4-6-7/h2-6H,1H3. The van der Waals surface area contributed by atoms with Gasteiger partial charge in [0.25, 0.3) is 0 Å². The van der Waals surface area contributed by atoms with Gasteiger partial charge in [0.05, 0.1) is 12.7 Å². The predicted octanol–water partition coefficient (Wildman–Crippen LogP) is 0.129. The molecule has 5 heteroatoms. The molecular formula is C9H8N2O3. The van der Waals surface area contributed by atoms with E-state index < -0.39 is 11.4 Å². The normalized spacial score (nSPS) is 10.4. The predicted molar refractivity (Wildman–Crippen MR) is 49.5 cm³/mol. The Balaban J connectivity index is 2.75. The zero-order valence-electron chi connectivity index (χ0n) is 7.51. The lowest BCUT2D eigenvalue weighted by atomic mass is 10.3. The van der Waals surface area contributed by atoms with Gasteiger partial charge in [-0.3, -0.25) is 0 Å². The number of aromatic nitrogens is 2. The van der Waals surface area contributed by atoms with E-state index in [4.69, 9.17) is 0 Å². The van der Waals surface area contributed by atoms with Gasteiger partial charge in [0, 0.05) is 0 Å². The number of aryl methyl sites for hydroxylation is 1. The van der Waals surface area contributed by atoms with E-state index in [0.29, 0.717) is 5.69 Å². The van der Waals surface area contributed by atoms with E-state index in [9.17, 15) is 9.59 Å². The van der Waals surface area contributed by atoms with E-state index in [0.717, 1.165) is 9.31 Å². The van der Waals surface area contributed by atoms with Crippen LogP contribution in [0.4, 0.5) is 0 Å². The molecule has 2 rings (SSSR count). The van der Waals surface area contributed by atoms with Crippen LogP contribution in [0.2, 0.25) is 0 Å². The molecule has 1 aromatic heterocycles. The fourth-order valence-corrected chi connectivity index (χ4v) is 1.21. The van der Waals surface area contributed by atoms with Crippen molar-refractivity contribution in [3.8, 4) is 5.69 Å². The molecule has 0 aliphatic heterocycles. The van der Waals surface area contributed by atoms with Crippen LogP contribution in [-0.4, -0.2) is 9.31 Å². The van der Waals surface area contributed by atoms with Gasteiger partial charge in [-0.2, -0.15) is 9.31 Å². The van der Waals surface area contributed by atoms with Crippen LogP contribution < -0.4 is 11.4 Å². The highest BCUT2D eigenvalue weighted by atomic mass is 16.5. The Morgan fingerprint density at radius 2 is 1.79 bits per heavy atom. The van der Waals surface area contributed by atoms with E-state index in [2.05, 4.69) is 4.52 Å². The van der Waals surface area contributed by atoms with Crippen molar-refractivity contribution >= 4 is 0 Å². The summed E-state index contributed by atoms with van der Waals surface area (Å²) < 4.78 is 6.48. The zero-order chi connectivity index (χ0) is 10.1. The lowest BCUT2D eigenvalue weighted by Crippen LogP contribution is -2.26. The van der Waals surface area contributed by atoms with Crippen molar-refractivity contribution in [1.29, 1.82) is 0 Å². The minimum Gasteiger partial charge on any atom is -0.317 e. The Hall–Kier alpha value is -2.04. The monoisotopic (exact) mass is 192 g/mol. The number of benzene rings is 1. The van der Waals surface area contributed by atoms with Crippen LogP contribution in [0.1, 0.15) is 0 Å². The minimum absolute atomic E-state index is 0.485. The summed E-state index contributed by atoms with van der Waals surface area (Å²) in [5.41, 5.74) is 0.0213. The Kier molecular flexibility index (Phi) is 1.85. The fraction of sp³-hybridized carbons (Fsp3) is 0.111. The fourth-order valence-electron chi connectivity index (χ4n) is 1.21. The third-order valence-electron chi connectivity index (χ3n) is 1.87.